The molecule has 0 unspecified atom stereocenters. The topological polar surface area (TPSA) is 46.9 Å². The lowest BCUT2D eigenvalue weighted by Crippen LogP contribution is -2.14. The largest absolute Gasteiger partial charge is 0.310 e. The average molecular weight is 325 g/mol. The normalized spacial score (nSPS) is 10.3. The molecular formula is C8H11Br2N3O. The van der Waals surface area contributed by atoms with Crippen LogP contribution in [0, 0.1) is 6.92 Å². The number of nitrogens with one attached hydrogen (secondary N) is 1. The SMILES string of the molecule is Cc1nn(C)c(NC(=O)CCBr)c1Br. The Kier molecular flexibility index (Phi) is 4.12. The van der Waals surface area contributed by atoms with E-state index < -0.39 is 0 Å². The molecule has 1 heterocycles. The van der Waals surface area contributed by atoms with E-state index in [1.807, 2.05) is 6.92 Å². The summed E-state index contributed by atoms with van der Waals surface area (Å²) in [6, 6.07) is 0. The summed E-state index contributed by atoms with van der Waals surface area (Å²) in [4.78, 5) is 11.3. The number of aromatic nitrogens is 2. The van der Waals surface area contributed by atoms with Crippen molar-refractivity contribution in [2.45, 2.75) is 13.3 Å². The highest BCUT2D eigenvalue weighted by Crippen LogP contribution is 2.24. The van der Waals surface area contributed by atoms with Gasteiger partial charge in [0, 0.05) is 18.8 Å². The van der Waals surface area contributed by atoms with E-state index in [1.165, 1.54) is 0 Å². The van der Waals surface area contributed by atoms with E-state index in [0.29, 0.717) is 17.6 Å². The van der Waals surface area contributed by atoms with E-state index in [-0.39, 0.29) is 5.91 Å². The Morgan fingerprint density at radius 3 is 2.71 bits per heavy atom. The molecule has 78 valence electrons. The smallest absolute Gasteiger partial charge is 0.226 e. The van der Waals surface area contributed by atoms with Crippen LogP contribution in [0.1, 0.15) is 12.1 Å². The highest BCUT2D eigenvalue weighted by Gasteiger charge is 2.12. The molecule has 1 rings (SSSR count). The second-order valence-corrected chi connectivity index (χ2v) is 4.44. The highest BCUT2D eigenvalue weighted by atomic mass is 79.9. The van der Waals surface area contributed by atoms with Gasteiger partial charge in [-0.2, -0.15) is 5.10 Å². The molecule has 0 aliphatic rings. The Morgan fingerprint density at radius 1 is 1.64 bits per heavy atom. The summed E-state index contributed by atoms with van der Waals surface area (Å²) in [5, 5.41) is 7.61. The molecule has 0 spiro atoms. The number of rotatable bonds is 3. The first-order chi connectivity index (χ1) is 6.56. The molecule has 1 aromatic rings. The Morgan fingerprint density at radius 2 is 2.29 bits per heavy atom. The number of nitrogens with zero attached hydrogens (tertiary/aromatic N) is 2. The number of amides is 1. The van der Waals surface area contributed by atoms with Gasteiger partial charge in [0.1, 0.15) is 5.82 Å². The third kappa shape index (κ3) is 2.57. The lowest BCUT2D eigenvalue weighted by Gasteiger charge is -2.04. The molecule has 0 aliphatic heterocycles. The summed E-state index contributed by atoms with van der Waals surface area (Å²) in [5.41, 5.74) is 0.863. The zero-order valence-electron chi connectivity index (χ0n) is 7.97. The first-order valence-electron chi connectivity index (χ1n) is 4.11. The fourth-order valence-electron chi connectivity index (χ4n) is 1.05. The molecule has 1 aromatic heterocycles. The number of halogens is 2. The number of carbonyl (C=O) groups excluding carboxylic acids is 1. The zero-order chi connectivity index (χ0) is 10.7. The first kappa shape index (κ1) is 11.7. The van der Waals surface area contributed by atoms with Crippen molar-refractivity contribution in [3.63, 3.8) is 0 Å². The van der Waals surface area contributed by atoms with Crippen LogP contribution in [0.3, 0.4) is 0 Å². The Bertz CT molecular complexity index is 349. The van der Waals surface area contributed by atoms with Crippen LogP contribution in [0.5, 0.6) is 0 Å². The lowest BCUT2D eigenvalue weighted by molar-refractivity contribution is -0.115. The van der Waals surface area contributed by atoms with Crippen LogP contribution in [-0.4, -0.2) is 21.0 Å². The minimum atomic E-state index is -0.0226. The summed E-state index contributed by atoms with van der Waals surface area (Å²) in [7, 11) is 1.79. The van der Waals surface area contributed by atoms with Crippen molar-refractivity contribution in [3.05, 3.63) is 10.2 Å². The fourth-order valence-corrected chi connectivity index (χ4v) is 1.84. The molecule has 0 aromatic carbocycles. The molecule has 0 atom stereocenters. The maximum atomic E-state index is 11.3. The summed E-state index contributed by atoms with van der Waals surface area (Å²) in [6.07, 6.45) is 0.455. The molecule has 0 saturated heterocycles. The van der Waals surface area contributed by atoms with Gasteiger partial charge in [-0.3, -0.25) is 9.48 Å². The summed E-state index contributed by atoms with van der Waals surface area (Å²) >= 11 is 6.58. The highest BCUT2D eigenvalue weighted by molar-refractivity contribution is 9.10. The van der Waals surface area contributed by atoms with E-state index in [2.05, 4.69) is 42.3 Å². The van der Waals surface area contributed by atoms with Gasteiger partial charge < -0.3 is 5.32 Å². The molecular weight excluding hydrogens is 314 g/mol. The van der Waals surface area contributed by atoms with Gasteiger partial charge in [0.2, 0.25) is 5.91 Å². The Balaban J connectivity index is 2.81. The molecule has 0 bridgehead atoms. The minimum Gasteiger partial charge on any atom is -0.310 e. The van der Waals surface area contributed by atoms with Crippen LogP contribution in [0.2, 0.25) is 0 Å². The fraction of sp³-hybridized carbons (Fsp3) is 0.500. The maximum absolute atomic E-state index is 11.3. The van der Waals surface area contributed by atoms with Gasteiger partial charge in [-0.25, -0.2) is 0 Å². The molecule has 0 fully saturated rings. The third-order valence-electron chi connectivity index (χ3n) is 1.73. The van der Waals surface area contributed by atoms with E-state index in [4.69, 9.17) is 0 Å². The molecule has 1 amide bonds. The van der Waals surface area contributed by atoms with Crippen LogP contribution in [0.4, 0.5) is 5.82 Å². The van der Waals surface area contributed by atoms with Gasteiger partial charge in [0.15, 0.2) is 0 Å². The summed E-state index contributed by atoms with van der Waals surface area (Å²) < 4.78 is 2.48. The molecule has 14 heavy (non-hydrogen) atoms. The second-order valence-electron chi connectivity index (χ2n) is 2.86. The quantitative estimate of drug-likeness (QED) is 0.867. The molecule has 0 radical (unpaired) electrons. The number of anilines is 1. The van der Waals surface area contributed by atoms with Crippen LogP contribution in [0.15, 0.2) is 4.47 Å². The predicted molar refractivity (Wildman–Crippen MR) is 62.7 cm³/mol. The van der Waals surface area contributed by atoms with Crippen molar-refractivity contribution in [1.82, 2.24) is 9.78 Å². The minimum absolute atomic E-state index is 0.0226. The maximum Gasteiger partial charge on any atom is 0.226 e. The van der Waals surface area contributed by atoms with Gasteiger partial charge in [-0.1, -0.05) is 15.9 Å². The van der Waals surface area contributed by atoms with Crippen LogP contribution >= 0.6 is 31.9 Å². The van der Waals surface area contributed by atoms with Crippen molar-refractivity contribution in [2.24, 2.45) is 7.05 Å². The number of hydrogen-bond acceptors (Lipinski definition) is 2. The van der Waals surface area contributed by atoms with Gasteiger partial charge in [0.05, 0.1) is 10.2 Å². The third-order valence-corrected chi connectivity index (χ3v) is 3.07. The van der Waals surface area contributed by atoms with E-state index in [9.17, 15) is 4.79 Å². The van der Waals surface area contributed by atoms with Gasteiger partial charge >= 0.3 is 0 Å². The van der Waals surface area contributed by atoms with Crippen molar-refractivity contribution in [3.8, 4) is 0 Å². The summed E-state index contributed by atoms with van der Waals surface area (Å²) in [5.74, 6) is 0.680. The molecule has 0 saturated carbocycles. The molecule has 4 nitrogen and oxygen atoms in total. The number of alkyl halides is 1. The monoisotopic (exact) mass is 323 g/mol. The average Bonchev–Trinajstić information content (AvgIpc) is 2.33. The number of aryl methyl sites for hydroxylation is 2. The van der Waals surface area contributed by atoms with E-state index in [0.717, 1.165) is 10.2 Å². The number of hydrogen-bond donors (Lipinski definition) is 1. The zero-order valence-corrected chi connectivity index (χ0v) is 11.1. The van der Waals surface area contributed by atoms with Crippen molar-refractivity contribution in [2.75, 3.05) is 10.6 Å². The van der Waals surface area contributed by atoms with Gasteiger partial charge in [0.25, 0.3) is 0 Å². The first-order valence-corrected chi connectivity index (χ1v) is 6.02. The van der Waals surface area contributed by atoms with Gasteiger partial charge in [-0.15, -0.1) is 0 Å². The Hall–Kier alpha value is -0.360. The predicted octanol–water partition coefficient (Wildman–Crippen LogP) is 2.21. The van der Waals surface area contributed by atoms with Crippen LogP contribution in [-0.2, 0) is 11.8 Å². The molecule has 6 heteroatoms. The van der Waals surface area contributed by atoms with Crippen molar-refractivity contribution in [1.29, 1.82) is 0 Å². The van der Waals surface area contributed by atoms with Crippen molar-refractivity contribution < 1.29 is 4.79 Å². The molecule has 0 aliphatic carbocycles. The summed E-state index contributed by atoms with van der Waals surface area (Å²) in [6.45, 7) is 1.88. The van der Waals surface area contributed by atoms with E-state index in [1.54, 1.807) is 11.7 Å². The van der Waals surface area contributed by atoms with Gasteiger partial charge in [-0.05, 0) is 22.9 Å². The van der Waals surface area contributed by atoms with Crippen molar-refractivity contribution >= 4 is 43.6 Å². The second kappa shape index (κ2) is 4.93. The van der Waals surface area contributed by atoms with Crippen LogP contribution in [0.25, 0.3) is 0 Å². The number of carbonyl (C=O) groups is 1. The van der Waals surface area contributed by atoms with Crippen LogP contribution < -0.4 is 5.32 Å². The van der Waals surface area contributed by atoms with E-state index >= 15 is 0 Å². The standard InChI is InChI=1S/C8H11Br2N3O/c1-5-7(10)8(13(2)12-5)11-6(14)3-4-9/h3-4H2,1-2H3,(H,11,14). The molecule has 1 N–H and O–H groups in total. The Labute approximate surface area is 99.3 Å². The lowest BCUT2D eigenvalue weighted by atomic mass is 10.4.